The van der Waals surface area contributed by atoms with Crippen LogP contribution in [0.1, 0.15) is 86.0 Å². The molecule has 32 heavy (non-hydrogen) atoms. The van der Waals surface area contributed by atoms with Crippen LogP contribution in [0.5, 0.6) is 0 Å². The Hall–Kier alpha value is -0.550. The van der Waals surface area contributed by atoms with Gasteiger partial charge in [-0.3, -0.25) is 0 Å². The largest absolute Gasteiger partial charge is 0.393 e. The van der Waals surface area contributed by atoms with Crippen molar-refractivity contribution >= 4 is 11.8 Å². The van der Waals surface area contributed by atoms with Crippen LogP contribution in [-0.2, 0) is 0 Å². The first kappa shape index (κ1) is 24.6. The van der Waals surface area contributed by atoms with Gasteiger partial charge in [-0.2, -0.15) is 11.8 Å². The minimum atomic E-state index is -0.549. The summed E-state index contributed by atoms with van der Waals surface area (Å²) >= 11 is 2.08. The summed E-state index contributed by atoms with van der Waals surface area (Å²) in [5, 5.41) is 31.7. The molecule has 0 amide bonds. The van der Waals surface area contributed by atoms with Gasteiger partial charge in [-0.05, 0) is 88.7 Å². The minimum absolute atomic E-state index is 0.214. The lowest BCUT2D eigenvalue weighted by Crippen LogP contribution is -2.52. The van der Waals surface area contributed by atoms with Crippen molar-refractivity contribution in [1.29, 1.82) is 0 Å². The summed E-state index contributed by atoms with van der Waals surface area (Å²) < 4.78 is 0. The third kappa shape index (κ3) is 4.30. The molecule has 2 fully saturated rings. The Morgan fingerprint density at radius 3 is 2.62 bits per heavy atom. The second kappa shape index (κ2) is 8.91. The maximum atomic E-state index is 11.0. The normalized spacial score (nSPS) is 39.9. The molecule has 3 N–H and O–H groups in total. The number of hydrogen-bond donors (Lipinski definition) is 3. The molecule has 0 radical (unpaired) electrons. The lowest BCUT2D eigenvalue weighted by molar-refractivity contribution is -0.0489. The van der Waals surface area contributed by atoms with E-state index in [0.29, 0.717) is 29.9 Å². The molecule has 0 aliphatic heterocycles. The number of hydrogen-bond acceptors (Lipinski definition) is 4. The average molecular weight is 461 g/mol. The molecule has 4 heteroatoms. The summed E-state index contributed by atoms with van der Waals surface area (Å²) in [6, 6.07) is 0. The van der Waals surface area contributed by atoms with Gasteiger partial charge >= 0.3 is 0 Å². The van der Waals surface area contributed by atoms with Crippen molar-refractivity contribution < 1.29 is 15.3 Å². The smallest absolute Gasteiger partial charge is 0.0661 e. The molecule has 7 atom stereocenters. The number of aliphatic hydroxyl groups excluding tert-OH is 2. The number of allylic oxidation sites excluding steroid dienone is 4. The van der Waals surface area contributed by atoms with E-state index in [0.717, 1.165) is 37.9 Å². The van der Waals surface area contributed by atoms with Crippen molar-refractivity contribution in [3.8, 4) is 0 Å². The van der Waals surface area contributed by atoms with Gasteiger partial charge in [-0.15, -0.1) is 0 Å². The zero-order valence-electron chi connectivity index (χ0n) is 20.7. The molecule has 4 rings (SSSR count). The minimum Gasteiger partial charge on any atom is -0.393 e. The maximum absolute atomic E-state index is 11.0. The summed E-state index contributed by atoms with van der Waals surface area (Å²) in [4.78, 5) is 0. The molecule has 3 nitrogen and oxygen atoms in total. The highest BCUT2D eigenvalue weighted by Gasteiger charge is 2.57. The van der Waals surface area contributed by atoms with Crippen molar-refractivity contribution in [2.24, 2.45) is 22.7 Å². The van der Waals surface area contributed by atoms with E-state index < -0.39 is 17.8 Å². The molecule has 0 saturated heterocycles. The van der Waals surface area contributed by atoms with E-state index in [9.17, 15) is 15.3 Å². The third-order valence-electron chi connectivity index (χ3n) is 9.28. The maximum Gasteiger partial charge on any atom is 0.0661 e. The van der Waals surface area contributed by atoms with Crippen LogP contribution in [0.2, 0.25) is 0 Å². The molecule has 180 valence electrons. The number of thioether (sulfide) groups is 1. The predicted octanol–water partition coefficient (Wildman–Crippen LogP) is 5.80. The first-order valence-corrected chi connectivity index (χ1v) is 13.8. The second-order valence-electron chi connectivity index (χ2n) is 12.0. The van der Waals surface area contributed by atoms with E-state index in [4.69, 9.17) is 0 Å². The molecule has 0 spiro atoms. The molecule has 1 unspecified atom stereocenters. The Morgan fingerprint density at radius 1 is 1.16 bits per heavy atom. The lowest BCUT2D eigenvalue weighted by Gasteiger charge is -2.56. The summed E-state index contributed by atoms with van der Waals surface area (Å²) in [6.45, 7) is 10.9. The highest BCUT2D eigenvalue weighted by Crippen LogP contribution is 2.64. The second-order valence-corrected chi connectivity index (χ2v) is 13.4. The van der Waals surface area contributed by atoms with Crippen LogP contribution in [0.3, 0.4) is 0 Å². The topological polar surface area (TPSA) is 60.7 Å². The fourth-order valence-electron chi connectivity index (χ4n) is 7.31. The van der Waals surface area contributed by atoms with E-state index in [1.807, 2.05) is 13.8 Å². The van der Waals surface area contributed by atoms with Gasteiger partial charge in [0.05, 0.1) is 17.8 Å². The van der Waals surface area contributed by atoms with Gasteiger partial charge in [0.2, 0.25) is 0 Å². The lowest BCUT2D eigenvalue weighted by atomic mass is 9.50. The molecule has 0 bridgehead atoms. The van der Waals surface area contributed by atoms with Crippen LogP contribution in [0.15, 0.2) is 34.9 Å². The number of aliphatic hydroxyl groups is 3. The van der Waals surface area contributed by atoms with Gasteiger partial charge in [0.25, 0.3) is 0 Å². The monoisotopic (exact) mass is 460 g/mol. The zero-order valence-corrected chi connectivity index (χ0v) is 21.5. The van der Waals surface area contributed by atoms with Crippen molar-refractivity contribution in [2.75, 3.05) is 5.75 Å². The molecular formula is C28H44O3S. The molecule has 4 aliphatic carbocycles. The first-order chi connectivity index (χ1) is 15.0. The standard InChI is InChI=1S/C28H44O3S/c1-18(32-15-7-6-13-26(2,3)31)22-10-11-23-21-9-8-19-16-20(29)17-25(30)28(19,5)24(21)12-14-27(22,23)4/h8-10,18,20,23-25,29-31H,6-7,11-17H2,1-5H3/t18?,20-,23+,24+,25+,27-,28+/m1/s1. The van der Waals surface area contributed by atoms with Crippen molar-refractivity contribution in [2.45, 2.75) is 109 Å². The van der Waals surface area contributed by atoms with Gasteiger partial charge in [0.1, 0.15) is 0 Å². The average Bonchev–Trinajstić information content (AvgIpc) is 3.05. The van der Waals surface area contributed by atoms with E-state index in [1.165, 1.54) is 12.0 Å². The summed E-state index contributed by atoms with van der Waals surface area (Å²) in [5.41, 5.74) is 3.90. The molecule has 0 aromatic carbocycles. The molecule has 0 heterocycles. The highest BCUT2D eigenvalue weighted by molar-refractivity contribution is 8.00. The van der Waals surface area contributed by atoms with E-state index >= 15 is 0 Å². The van der Waals surface area contributed by atoms with Crippen molar-refractivity contribution in [1.82, 2.24) is 0 Å². The predicted molar refractivity (Wildman–Crippen MR) is 135 cm³/mol. The molecular weight excluding hydrogens is 416 g/mol. The zero-order chi connectivity index (χ0) is 23.3. The Kier molecular flexibility index (Phi) is 6.84. The summed E-state index contributed by atoms with van der Waals surface area (Å²) in [6.07, 6.45) is 14.0. The highest BCUT2D eigenvalue weighted by atomic mass is 32.2. The molecule has 2 saturated carbocycles. The van der Waals surface area contributed by atoms with E-state index in [1.54, 1.807) is 11.1 Å². The Labute approximate surface area is 199 Å². The fourth-order valence-corrected chi connectivity index (χ4v) is 8.58. The van der Waals surface area contributed by atoms with Crippen molar-refractivity contribution in [3.63, 3.8) is 0 Å². The fraction of sp³-hybridized carbons (Fsp3) is 0.786. The Bertz CT molecular complexity index is 806. The van der Waals surface area contributed by atoms with Gasteiger partial charge in [-0.1, -0.05) is 48.8 Å². The van der Waals surface area contributed by atoms with E-state index in [-0.39, 0.29) is 10.8 Å². The van der Waals surface area contributed by atoms with Crippen LogP contribution in [-0.4, -0.2) is 44.1 Å². The van der Waals surface area contributed by atoms with Crippen LogP contribution in [0.4, 0.5) is 0 Å². The first-order valence-electron chi connectivity index (χ1n) is 12.8. The molecule has 0 aromatic rings. The van der Waals surface area contributed by atoms with Crippen LogP contribution in [0.25, 0.3) is 0 Å². The quantitative estimate of drug-likeness (QED) is 0.332. The van der Waals surface area contributed by atoms with Gasteiger partial charge in [0, 0.05) is 17.1 Å². The number of unbranched alkanes of at least 4 members (excludes halogenated alkanes) is 1. The Morgan fingerprint density at radius 2 is 1.91 bits per heavy atom. The van der Waals surface area contributed by atoms with Crippen LogP contribution in [0, 0.1) is 22.7 Å². The SMILES string of the molecule is CC(SCCCCC(C)(C)O)C1=CC[C@H]2C3=CC=C4C[C@@H](O)C[C@H](O)[C@]4(C)[C@H]3CC[C@]12C. The molecule has 0 aromatic heterocycles. The number of fused-ring (bicyclic) bond motifs is 5. The van der Waals surface area contributed by atoms with Gasteiger partial charge < -0.3 is 15.3 Å². The summed E-state index contributed by atoms with van der Waals surface area (Å²) in [5.74, 6) is 2.10. The summed E-state index contributed by atoms with van der Waals surface area (Å²) in [7, 11) is 0. The van der Waals surface area contributed by atoms with Gasteiger partial charge in [-0.25, -0.2) is 0 Å². The number of rotatable bonds is 7. The molecule has 4 aliphatic rings. The third-order valence-corrected chi connectivity index (χ3v) is 10.6. The van der Waals surface area contributed by atoms with E-state index in [2.05, 4.69) is 50.8 Å². The van der Waals surface area contributed by atoms with Gasteiger partial charge in [0.15, 0.2) is 0 Å². The van der Waals surface area contributed by atoms with Crippen LogP contribution < -0.4 is 0 Å². The van der Waals surface area contributed by atoms with Crippen molar-refractivity contribution in [3.05, 3.63) is 34.9 Å². The Balaban J connectivity index is 1.44. The van der Waals surface area contributed by atoms with Crippen LogP contribution >= 0.6 is 11.8 Å².